The van der Waals surface area contributed by atoms with Gasteiger partial charge in [0.2, 0.25) is 5.88 Å². The third-order valence-electron chi connectivity index (χ3n) is 5.12. The van der Waals surface area contributed by atoms with Crippen molar-refractivity contribution in [1.82, 2.24) is 14.8 Å². The van der Waals surface area contributed by atoms with E-state index in [2.05, 4.69) is 4.98 Å². The van der Waals surface area contributed by atoms with E-state index in [-0.39, 0.29) is 39.8 Å². The lowest BCUT2D eigenvalue weighted by Gasteiger charge is -2.35. The van der Waals surface area contributed by atoms with Gasteiger partial charge in [0, 0.05) is 36.4 Å². The smallest absolute Gasteiger partial charge is 0.409 e. The number of esters is 1. The first-order valence-corrected chi connectivity index (χ1v) is 10.8. The third-order valence-corrected chi connectivity index (χ3v) is 5.45. The van der Waals surface area contributed by atoms with Gasteiger partial charge < -0.3 is 14.5 Å². The summed E-state index contributed by atoms with van der Waals surface area (Å²) in [6.45, 7) is 3.32. The lowest BCUT2D eigenvalue weighted by molar-refractivity contribution is -0.146. The van der Waals surface area contributed by atoms with Crippen LogP contribution in [0.25, 0.3) is 17.7 Å². The Labute approximate surface area is 204 Å². The Kier molecular flexibility index (Phi) is 7.54. The van der Waals surface area contributed by atoms with Gasteiger partial charge in [-0.3, -0.25) is 14.6 Å². The molecule has 0 saturated heterocycles. The number of halogens is 5. The first kappa shape index (κ1) is 26.2. The van der Waals surface area contributed by atoms with E-state index in [4.69, 9.17) is 16.3 Å². The van der Waals surface area contributed by atoms with Gasteiger partial charge in [-0.15, -0.1) is 0 Å². The van der Waals surface area contributed by atoms with Crippen LogP contribution >= 0.6 is 11.6 Å². The van der Waals surface area contributed by atoms with Crippen molar-refractivity contribution in [2.75, 3.05) is 20.8 Å². The van der Waals surface area contributed by atoms with E-state index in [1.165, 1.54) is 41.1 Å². The standard InChI is InChI=1S/C24H22ClF4N3O3/c1-13(2)23(34)35-22-20(21(33)31(3)12-32(22)4)19-15(16(25)8-9-17(19)26)7-5-14-6-10-18(30-11-14)24(27,28)29/h5-11,13H,12H2,1-4H3/b7-5+. The molecule has 3 rings (SSSR count). The fraction of sp³-hybridized carbons (Fsp3) is 0.292. The van der Waals surface area contributed by atoms with Crippen molar-refractivity contribution >= 4 is 41.2 Å². The highest BCUT2D eigenvalue weighted by Gasteiger charge is 2.35. The molecular weight excluding hydrogens is 490 g/mol. The van der Waals surface area contributed by atoms with Crippen molar-refractivity contribution in [2.24, 2.45) is 5.92 Å². The van der Waals surface area contributed by atoms with E-state index in [0.29, 0.717) is 0 Å². The molecule has 1 amide bonds. The topological polar surface area (TPSA) is 62.7 Å². The molecule has 1 aliphatic heterocycles. The number of hydrogen-bond acceptors (Lipinski definition) is 5. The maximum Gasteiger partial charge on any atom is 0.433 e. The summed E-state index contributed by atoms with van der Waals surface area (Å²) < 4.78 is 59.1. The van der Waals surface area contributed by atoms with Crippen LogP contribution in [0.4, 0.5) is 17.6 Å². The highest BCUT2D eigenvalue weighted by molar-refractivity contribution is 6.33. The summed E-state index contributed by atoms with van der Waals surface area (Å²) in [6, 6.07) is 4.37. The number of pyridine rings is 1. The minimum absolute atomic E-state index is 0.0724. The molecule has 2 heterocycles. The molecule has 0 aliphatic carbocycles. The van der Waals surface area contributed by atoms with E-state index >= 15 is 4.39 Å². The van der Waals surface area contributed by atoms with Crippen LogP contribution in [0.1, 0.15) is 36.2 Å². The van der Waals surface area contributed by atoms with E-state index in [1.54, 1.807) is 20.9 Å². The van der Waals surface area contributed by atoms with E-state index in [1.807, 2.05) is 0 Å². The molecule has 11 heteroatoms. The molecule has 0 bridgehead atoms. The van der Waals surface area contributed by atoms with Gasteiger partial charge in [0.25, 0.3) is 5.91 Å². The average molecular weight is 512 g/mol. The van der Waals surface area contributed by atoms with E-state index < -0.39 is 35.5 Å². The maximum atomic E-state index is 15.2. The number of aromatic nitrogens is 1. The lowest BCUT2D eigenvalue weighted by Crippen LogP contribution is -2.44. The Bertz CT molecular complexity index is 1210. The number of alkyl halides is 3. The first-order valence-electron chi connectivity index (χ1n) is 10.4. The minimum atomic E-state index is -4.59. The van der Waals surface area contributed by atoms with Crippen LogP contribution in [0, 0.1) is 11.7 Å². The number of rotatable bonds is 5. The molecule has 0 unspecified atom stereocenters. The van der Waals surface area contributed by atoms with Gasteiger partial charge in [-0.25, -0.2) is 4.39 Å². The van der Waals surface area contributed by atoms with Crippen molar-refractivity contribution in [2.45, 2.75) is 20.0 Å². The second kappa shape index (κ2) is 10.1. The molecule has 2 aromatic rings. The van der Waals surface area contributed by atoms with Crippen LogP contribution in [0.2, 0.25) is 5.02 Å². The van der Waals surface area contributed by atoms with Crippen molar-refractivity contribution in [3.8, 4) is 0 Å². The van der Waals surface area contributed by atoms with Gasteiger partial charge in [0.15, 0.2) is 0 Å². The summed E-state index contributed by atoms with van der Waals surface area (Å²) in [4.78, 5) is 31.7. The molecule has 186 valence electrons. The Morgan fingerprint density at radius 3 is 2.40 bits per heavy atom. The molecule has 6 nitrogen and oxygen atoms in total. The molecular formula is C24H22ClF4N3O3. The molecule has 0 atom stereocenters. The highest BCUT2D eigenvalue weighted by Crippen LogP contribution is 2.36. The zero-order valence-corrected chi connectivity index (χ0v) is 20.0. The Balaban J connectivity index is 2.17. The Morgan fingerprint density at radius 2 is 1.83 bits per heavy atom. The molecule has 0 fully saturated rings. The second-order valence-electron chi connectivity index (χ2n) is 8.22. The zero-order chi connectivity index (χ0) is 26.1. The number of likely N-dealkylation sites (N-methyl/N-ethyl adjacent to an activating group) is 1. The molecule has 0 radical (unpaired) electrons. The predicted molar refractivity (Wildman–Crippen MR) is 123 cm³/mol. The van der Waals surface area contributed by atoms with Crippen molar-refractivity contribution in [3.63, 3.8) is 0 Å². The maximum absolute atomic E-state index is 15.2. The SMILES string of the molecule is CC(C)C(=O)OC1=C(c2c(F)ccc(Cl)c2/C=C/c2ccc(C(F)(F)F)nc2)C(=O)N(C)CN1C. The molecule has 1 aromatic carbocycles. The van der Waals surface area contributed by atoms with Gasteiger partial charge >= 0.3 is 12.1 Å². The predicted octanol–water partition coefficient (Wildman–Crippen LogP) is 5.29. The van der Waals surface area contributed by atoms with Crippen LogP contribution in [0.5, 0.6) is 0 Å². The van der Waals surface area contributed by atoms with Gasteiger partial charge in [-0.05, 0) is 23.8 Å². The lowest BCUT2D eigenvalue weighted by atomic mass is 9.96. The van der Waals surface area contributed by atoms with E-state index in [9.17, 15) is 22.8 Å². The normalized spacial score (nSPS) is 15.0. The molecule has 1 aliphatic rings. The van der Waals surface area contributed by atoms with Gasteiger partial charge in [-0.2, -0.15) is 13.2 Å². The number of amides is 1. The van der Waals surface area contributed by atoms with Crippen LogP contribution in [0.3, 0.4) is 0 Å². The summed E-state index contributed by atoms with van der Waals surface area (Å²) in [7, 11) is 3.09. The van der Waals surface area contributed by atoms with E-state index in [0.717, 1.165) is 18.3 Å². The molecule has 1 aromatic heterocycles. The molecule has 35 heavy (non-hydrogen) atoms. The number of carbonyl (C=O) groups is 2. The summed E-state index contributed by atoms with van der Waals surface area (Å²) in [5.74, 6) is -2.65. The second-order valence-corrected chi connectivity index (χ2v) is 8.63. The average Bonchev–Trinajstić information content (AvgIpc) is 2.78. The number of nitrogens with zero attached hydrogens (tertiary/aromatic N) is 3. The summed E-state index contributed by atoms with van der Waals surface area (Å²) in [5, 5.41) is 0.0724. The van der Waals surface area contributed by atoms with Gasteiger partial charge in [0.05, 0.1) is 12.6 Å². The number of ether oxygens (including phenoxy) is 1. The summed E-state index contributed by atoms with van der Waals surface area (Å²) >= 11 is 6.35. The van der Waals surface area contributed by atoms with Crippen molar-refractivity contribution < 1.29 is 31.9 Å². The quantitative estimate of drug-likeness (QED) is 0.403. The van der Waals surface area contributed by atoms with Crippen LogP contribution < -0.4 is 0 Å². The third kappa shape index (κ3) is 5.64. The number of hydrogen-bond donors (Lipinski definition) is 0. The Hall–Kier alpha value is -3.40. The first-order chi connectivity index (χ1) is 16.3. The van der Waals surface area contributed by atoms with Crippen molar-refractivity contribution in [3.05, 3.63) is 69.6 Å². The van der Waals surface area contributed by atoms with Crippen LogP contribution in [-0.4, -0.2) is 47.4 Å². The summed E-state index contributed by atoms with van der Waals surface area (Å²) in [5.41, 5.74) is -1.10. The largest absolute Gasteiger partial charge is 0.433 e. The fourth-order valence-corrected chi connectivity index (χ4v) is 3.53. The monoisotopic (exact) mass is 511 g/mol. The fourth-order valence-electron chi connectivity index (χ4n) is 3.31. The number of carbonyl (C=O) groups excluding carboxylic acids is 2. The highest BCUT2D eigenvalue weighted by atomic mass is 35.5. The molecule has 0 saturated carbocycles. The van der Waals surface area contributed by atoms with Crippen molar-refractivity contribution in [1.29, 1.82) is 0 Å². The summed E-state index contributed by atoms with van der Waals surface area (Å²) in [6.07, 6.45) is -0.828. The zero-order valence-electron chi connectivity index (χ0n) is 19.3. The van der Waals surface area contributed by atoms with Gasteiger partial charge in [-0.1, -0.05) is 43.7 Å². The number of benzene rings is 1. The minimum Gasteiger partial charge on any atom is -0.409 e. The van der Waals surface area contributed by atoms with Crippen LogP contribution in [0.15, 0.2) is 36.3 Å². The Morgan fingerprint density at radius 1 is 1.14 bits per heavy atom. The molecule has 0 N–H and O–H groups in total. The van der Waals surface area contributed by atoms with Gasteiger partial charge in [0.1, 0.15) is 17.1 Å². The molecule has 0 spiro atoms. The van der Waals surface area contributed by atoms with Crippen LogP contribution in [-0.2, 0) is 20.5 Å².